The maximum absolute atomic E-state index is 15.6. The third-order valence-corrected chi connectivity index (χ3v) is 7.60. The van der Waals surface area contributed by atoms with Crippen molar-refractivity contribution in [3.05, 3.63) is 71.3 Å². The Morgan fingerprint density at radius 1 is 0.972 bits per heavy atom. The van der Waals surface area contributed by atoms with Gasteiger partial charge in [0.2, 0.25) is 11.8 Å². The number of Topliss-reactive ketones (excluding diaryl/α,β-unsaturated/α-hetero) is 1. The molecular weight excluding hydrogens is 457 g/mol. The summed E-state index contributed by atoms with van der Waals surface area (Å²) < 4.78 is 15.6. The molecule has 2 saturated heterocycles. The molecule has 2 aliphatic rings. The van der Waals surface area contributed by atoms with E-state index in [9.17, 15) is 14.4 Å². The van der Waals surface area contributed by atoms with Crippen molar-refractivity contribution in [2.45, 2.75) is 63.7 Å². The van der Waals surface area contributed by atoms with Crippen molar-refractivity contribution in [3.63, 3.8) is 0 Å². The summed E-state index contributed by atoms with van der Waals surface area (Å²) in [6.07, 6.45) is 1.53. The molecule has 192 valence electrons. The van der Waals surface area contributed by atoms with Crippen molar-refractivity contribution >= 4 is 17.6 Å². The Bertz CT molecular complexity index is 1080. The number of nitrogens with zero attached hydrogens (tertiary/aromatic N) is 2. The molecule has 7 heteroatoms. The van der Waals surface area contributed by atoms with Crippen LogP contribution < -0.4 is 5.32 Å². The number of rotatable bonds is 8. The standard InChI is InChI=1S/C29H36FN3O3/c1-21-9-8-12-24(19-21)29(28(36)33-15-6-7-16-33)13-17-32(18-14-29)26(30)20-25(31-22(2)34)27(35)23-10-4-3-5-11-23/h3-5,8-12,19,25-26H,6-7,13-18,20H2,1-2H3,(H,31,34). The maximum Gasteiger partial charge on any atom is 0.233 e. The van der Waals surface area contributed by atoms with E-state index in [1.165, 1.54) is 6.92 Å². The number of likely N-dealkylation sites (tertiary alicyclic amines) is 2. The summed E-state index contributed by atoms with van der Waals surface area (Å²) in [4.78, 5) is 42.2. The van der Waals surface area contributed by atoms with Gasteiger partial charge < -0.3 is 10.2 Å². The molecule has 0 bridgehead atoms. The highest BCUT2D eigenvalue weighted by Crippen LogP contribution is 2.39. The molecule has 1 N–H and O–H groups in total. The molecule has 0 aromatic heterocycles. The first kappa shape index (κ1) is 26.0. The number of ketones is 1. The van der Waals surface area contributed by atoms with Crippen LogP contribution in [-0.2, 0) is 15.0 Å². The molecule has 2 amide bonds. The zero-order chi connectivity index (χ0) is 25.7. The van der Waals surface area contributed by atoms with Gasteiger partial charge in [-0.3, -0.25) is 19.3 Å². The van der Waals surface area contributed by atoms with Gasteiger partial charge in [-0.15, -0.1) is 0 Å². The van der Waals surface area contributed by atoms with Crippen molar-refractivity contribution in [1.29, 1.82) is 0 Å². The summed E-state index contributed by atoms with van der Waals surface area (Å²) in [5.74, 6) is -0.524. The number of nitrogens with one attached hydrogen (secondary N) is 1. The highest BCUT2D eigenvalue weighted by molar-refractivity contribution is 6.01. The lowest BCUT2D eigenvalue weighted by molar-refractivity contribution is -0.139. The predicted octanol–water partition coefficient (Wildman–Crippen LogP) is 4.02. The molecule has 2 fully saturated rings. The first-order chi connectivity index (χ1) is 17.3. The molecule has 4 rings (SSSR count). The average molecular weight is 494 g/mol. The Morgan fingerprint density at radius 2 is 1.64 bits per heavy atom. The van der Waals surface area contributed by atoms with Crippen LogP contribution in [-0.4, -0.2) is 65.9 Å². The van der Waals surface area contributed by atoms with Gasteiger partial charge in [0, 0.05) is 45.1 Å². The van der Waals surface area contributed by atoms with Crippen LogP contribution >= 0.6 is 0 Å². The zero-order valence-corrected chi connectivity index (χ0v) is 21.2. The SMILES string of the molecule is CC(=O)NC(CC(F)N1CCC(C(=O)N2CCCC2)(c2cccc(C)c2)CC1)C(=O)c1ccccc1. The lowest BCUT2D eigenvalue weighted by atomic mass is 9.71. The number of alkyl halides is 1. The lowest BCUT2D eigenvalue weighted by Crippen LogP contribution is -2.54. The van der Waals surface area contributed by atoms with Gasteiger partial charge >= 0.3 is 0 Å². The molecule has 36 heavy (non-hydrogen) atoms. The Balaban J connectivity index is 1.49. The van der Waals surface area contributed by atoms with E-state index in [0.29, 0.717) is 31.5 Å². The van der Waals surface area contributed by atoms with Crippen LogP contribution in [0.2, 0.25) is 0 Å². The van der Waals surface area contributed by atoms with E-state index < -0.39 is 17.8 Å². The zero-order valence-electron chi connectivity index (χ0n) is 21.2. The van der Waals surface area contributed by atoms with Gasteiger partial charge in [0.05, 0.1) is 11.5 Å². The van der Waals surface area contributed by atoms with Crippen LogP contribution in [0.4, 0.5) is 4.39 Å². The summed E-state index contributed by atoms with van der Waals surface area (Å²) in [6.45, 7) is 5.72. The molecule has 2 heterocycles. The molecule has 2 atom stereocenters. The topological polar surface area (TPSA) is 69.7 Å². The Kier molecular flexibility index (Phi) is 8.19. The smallest absolute Gasteiger partial charge is 0.233 e. The van der Waals surface area contributed by atoms with Crippen molar-refractivity contribution in [1.82, 2.24) is 15.1 Å². The number of hydrogen-bond donors (Lipinski definition) is 1. The number of amides is 2. The van der Waals surface area contributed by atoms with Crippen molar-refractivity contribution < 1.29 is 18.8 Å². The maximum atomic E-state index is 15.6. The third kappa shape index (κ3) is 5.67. The molecule has 0 aliphatic carbocycles. The van der Waals surface area contributed by atoms with Crippen LogP contribution in [0, 0.1) is 6.92 Å². The quantitative estimate of drug-likeness (QED) is 0.445. The fourth-order valence-electron chi connectivity index (χ4n) is 5.60. The summed E-state index contributed by atoms with van der Waals surface area (Å²) in [6, 6.07) is 15.8. The van der Waals surface area contributed by atoms with Crippen LogP contribution in [0.15, 0.2) is 54.6 Å². The lowest BCUT2D eigenvalue weighted by Gasteiger charge is -2.44. The molecule has 6 nitrogen and oxygen atoms in total. The molecule has 2 unspecified atom stereocenters. The number of benzene rings is 2. The molecule has 2 aliphatic heterocycles. The van der Waals surface area contributed by atoms with Gasteiger partial charge in [0.15, 0.2) is 12.1 Å². The summed E-state index contributed by atoms with van der Waals surface area (Å²) in [5.41, 5.74) is 1.88. The second-order valence-electron chi connectivity index (χ2n) is 10.1. The van der Waals surface area contributed by atoms with Crippen LogP contribution in [0.5, 0.6) is 0 Å². The number of hydrogen-bond acceptors (Lipinski definition) is 4. The first-order valence-corrected chi connectivity index (χ1v) is 12.9. The Morgan fingerprint density at radius 3 is 2.25 bits per heavy atom. The normalized spacial score (nSPS) is 19.5. The monoisotopic (exact) mass is 493 g/mol. The van der Waals surface area contributed by atoms with E-state index in [1.807, 2.05) is 30.0 Å². The van der Waals surface area contributed by atoms with Gasteiger partial charge in [-0.25, -0.2) is 4.39 Å². The van der Waals surface area contributed by atoms with Crippen LogP contribution in [0.1, 0.15) is 60.5 Å². The minimum atomic E-state index is -1.41. The fraction of sp³-hybridized carbons (Fsp3) is 0.483. The van der Waals surface area contributed by atoms with Gasteiger partial charge in [0.1, 0.15) is 0 Å². The average Bonchev–Trinajstić information content (AvgIpc) is 3.43. The molecule has 2 aromatic carbocycles. The van der Waals surface area contributed by atoms with Crippen LogP contribution in [0.25, 0.3) is 0 Å². The van der Waals surface area contributed by atoms with Crippen molar-refractivity contribution in [2.24, 2.45) is 0 Å². The number of carbonyl (C=O) groups is 3. The summed E-state index contributed by atoms with van der Waals surface area (Å²) >= 11 is 0. The van der Waals surface area contributed by atoms with Gasteiger partial charge in [-0.05, 0) is 38.2 Å². The van der Waals surface area contributed by atoms with E-state index >= 15 is 4.39 Å². The minimum absolute atomic E-state index is 0.134. The Labute approximate surface area is 212 Å². The van der Waals surface area contributed by atoms with Gasteiger partial charge in [0.25, 0.3) is 0 Å². The van der Waals surface area contributed by atoms with E-state index in [4.69, 9.17) is 0 Å². The largest absolute Gasteiger partial charge is 0.346 e. The van der Waals surface area contributed by atoms with Gasteiger partial charge in [-0.2, -0.15) is 0 Å². The van der Waals surface area contributed by atoms with Crippen molar-refractivity contribution in [2.75, 3.05) is 26.2 Å². The molecule has 0 saturated carbocycles. The number of piperidine rings is 1. The third-order valence-electron chi connectivity index (χ3n) is 7.60. The second kappa shape index (κ2) is 11.3. The Hall–Kier alpha value is -3.06. The summed E-state index contributed by atoms with van der Waals surface area (Å²) in [7, 11) is 0. The van der Waals surface area contributed by atoms with Crippen LogP contribution in [0.3, 0.4) is 0 Å². The second-order valence-corrected chi connectivity index (χ2v) is 10.1. The highest BCUT2D eigenvalue weighted by atomic mass is 19.1. The molecule has 0 radical (unpaired) electrons. The minimum Gasteiger partial charge on any atom is -0.346 e. The number of halogens is 1. The molecule has 2 aromatic rings. The van der Waals surface area contributed by atoms with E-state index in [-0.39, 0.29) is 24.0 Å². The van der Waals surface area contributed by atoms with Crippen molar-refractivity contribution in [3.8, 4) is 0 Å². The molecule has 0 spiro atoms. The first-order valence-electron chi connectivity index (χ1n) is 12.9. The number of aryl methyl sites for hydroxylation is 1. The molecular formula is C29H36FN3O3. The van der Waals surface area contributed by atoms with E-state index in [1.54, 1.807) is 35.2 Å². The van der Waals surface area contributed by atoms with Gasteiger partial charge in [-0.1, -0.05) is 60.2 Å². The highest BCUT2D eigenvalue weighted by Gasteiger charge is 2.46. The predicted molar refractivity (Wildman–Crippen MR) is 137 cm³/mol. The fourth-order valence-corrected chi connectivity index (χ4v) is 5.60. The van der Waals surface area contributed by atoms with E-state index in [2.05, 4.69) is 11.4 Å². The van der Waals surface area contributed by atoms with E-state index in [0.717, 1.165) is 37.1 Å². The summed E-state index contributed by atoms with van der Waals surface area (Å²) in [5, 5.41) is 2.64. The number of carbonyl (C=O) groups excluding carboxylic acids is 3.